The third kappa shape index (κ3) is 6.98. The van der Waals surface area contributed by atoms with Gasteiger partial charge in [-0.15, -0.1) is 0 Å². The lowest BCUT2D eigenvalue weighted by Gasteiger charge is -2.09. The minimum absolute atomic E-state index is 0.286. The summed E-state index contributed by atoms with van der Waals surface area (Å²) >= 11 is 8.06. The van der Waals surface area contributed by atoms with Crippen LogP contribution in [0.4, 0.5) is 0 Å². The summed E-state index contributed by atoms with van der Waals surface area (Å²) in [6.45, 7) is 4.24. The molecule has 0 radical (unpaired) electrons. The number of phenolic OH excluding ortho intramolecular Hbond substituents is 2. The van der Waals surface area contributed by atoms with Crippen molar-refractivity contribution in [1.29, 1.82) is 0 Å². The minimum atomic E-state index is -0.373. The Hall–Kier alpha value is -0.270. The molecule has 2 N–H and O–H groups in total. The molecule has 9 heteroatoms. The van der Waals surface area contributed by atoms with Gasteiger partial charge in [0.2, 0.25) is 0 Å². The third-order valence-corrected chi connectivity index (χ3v) is 11.8. The van der Waals surface area contributed by atoms with Gasteiger partial charge in [-0.25, -0.2) is 0 Å². The highest BCUT2D eigenvalue weighted by Crippen LogP contribution is 2.34. The summed E-state index contributed by atoms with van der Waals surface area (Å²) in [7, 11) is 0. The SMILES string of the molecule is Cc1cc(Oc2cc(I)c(O)c(I)c2)ccc1[I+]c1ccc(Oc2cc(I)c(O)c(I)c2)cc1C. The lowest BCUT2D eigenvalue weighted by atomic mass is 10.2. The van der Waals surface area contributed by atoms with E-state index < -0.39 is 0 Å². The fraction of sp³-hybridized carbons (Fsp3) is 0.0769. The highest BCUT2D eigenvalue weighted by atomic mass is 127. The van der Waals surface area contributed by atoms with Gasteiger partial charge in [0.05, 0.1) is 14.3 Å². The van der Waals surface area contributed by atoms with Gasteiger partial charge in [-0.1, -0.05) is 0 Å². The highest BCUT2D eigenvalue weighted by molar-refractivity contribution is 14.1. The van der Waals surface area contributed by atoms with Crippen LogP contribution in [0.15, 0.2) is 60.7 Å². The summed E-state index contributed by atoms with van der Waals surface area (Å²) in [5.41, 5.74) is 2.40. The molecule has 0 aliphatic rings. The van der Waals surface area contributed by atoms with E-state index in [0.29, 0.717) is 11.5 Å². The quantitative estimate of drug-likeness (QED) is 0.239. The maximum absolute atomic E-state index is 9.98. The molecular formula is C26H18I5O4+. The van der Waals surface area contributed by atoms with Crippen LogP contribution in [-0.4, -0.2) is 10.2 Å². The molecule has 0 bridgehead atoms. The molecule has 0 amide bonds. The first-order valence-corrected chi connectivity index (χ1v) is 16.7. The summed E-state index contributed by atoms with van der Waals surface area (Å²) in [4.78, 5) is 0. The Morgan fingerprint density at radius 1 is 0.543 bits per heavy atom. The maximum atomic E-state index is 9.98. The fourth-order valence-corrected chi connectivity index (χ4v) is 9.09. The molecule has 0 aliphatic carbocycles. The molecule has 4 nitrogen and oxygen atoms in total. The molecule has 0 heterocycles. The van der Waals surface area contributed by atoms with E-state index in [2.05, 4.69) is 128 Å². The van der Waals surface area contributed by atoms with E-state index in [4.69, 9.17) is 9.47 Å². The topological polar surface area (TPSA) is 58.9 Å². The largest absolute Gasteiger partial charge is 0.506 e. The van der Waals surface area contributed by atoms with Crippen LogP contribution in [0.1, 0.15) is 11.1 Å². The van der Waals surface area contributed by atoms with Gasteiger partial charge < -0.3 is 19.7 Å². The molecule has 4 aromatic rings. The number of aryl methyl sites for hydroxylation is 2. The molecule has 180 valence electrons. The number of halogens is 5. The molecule has 0 atom stereocenters. The second-order valence-electron chi connectivity index (χ2n) is 7.59. The first kappa shape index (κ1) is 27.8. The van der Waals surface area contributed by atoms with Gasteiger partial charge in [0.25, 0.3) is 0 Å². The van der Waals surface area contributed by atoms with Crippen LogP contribution >= 0.6 is 90.4 Å². The predicted molar refractivity (Wildman–Crippen MR) is 167 cm³/mol. The maximum Gasteiger partial charge on any atom is 0.358 e. The van der Waals surface area contributed by atoms with E-state index in [0.717, 1.165) is 25.8 Å². The summed E-state index contributed by atoms with van der Waals surface area (Å²) in [6.07, 6.45) is 0. The zero-order chi connectivity index (χ0) is 25.3. The lowest BCUT2D eigenvalue weighted by Crippen LogP contribution is -3.62. The molecule has 4 rings (SSSR count). The molecule has 0 spiro atoms. The molecule has 35 heavy (non-hydrogen) atoms. The molecule has 0 aromatic heterocycles. The summed E-state index contributed by atoms with van der Waals surface area (Å²) in [6, 6.07) is 19.8. The van der Waals surface area contributed by atoms with Crippen LogP contribution < -0.4 is 30.7 Å². The lowest BCUT2D eigenvalue weighted by molar-refractivity contribution is -0.598. The zero-order valence-corrected chi connectivity index (χ0v) is 29.2. The molecular weight excluding hydrogens is 1010 g/mol. The Bertz CT molecular complexity index is 1270. The van der Waals surface area contributed by atoms with Crippen molar-refractivity contribution in [3.05, 3.63) is 93.2 Å². The number of aromatic hydroxyl groups is 2. The van der Waals surface area contributed by atoms with Gasteiger partial charge in [-0.2, -0.15) is 0 Å². The second kappa shape index (κ2) is 12.1. The van der Waals surface area contributed by atoms with Crippen molar-refractivity contribution in [1.82, 2.24) is 0 Å². The number of hydrogen-bond acceptors (Lipinski definition) is 4. The van der Waals surface area contributed by atoms with Gasteiger partial charge in [-0.3, -0.25) is 0 Å². The van der Waals surface area contributed by atoms with E-state index in [1.165, 1.54) is 18.3 Å². The summed E-state index contributed by atoms with van der Waals surface area (Å²) in [5, 5.41) is 20.0. The van der Waals surface area contributed by atoms with E-state index in [-0.39, 0.29) is 32.7 Å². The van der Waals surface area contributed by atoms with Crippen LogP contribution in [0.3, 0.4) is 0 Å². The van der Waals surface area contributed by atoms with Crippen molar-refractivity contribution in [3.8, 4) is 34.5 Å². The average molecular weight is 1030 g/mol. The predicted octanol–water partition coefficient (Wildman–Crippen LogP) is 5.85. The number of rotatable bonds is 6. The van der Waals surface area contributed by atoms with E-state index in [9.17, 15) is 10.2 Å². The van der Waals surface area contributed by atoms with Gasteiger partial charge in [-0.05, 0) is 165 Å². The van der Waals surface area contributed by atoms with Crippen LogP contribution in [0.2, 0.25) is 0 Å². The van der Waals surface area contributed by atoms with E-state index in [1.807, 2.05) is 36.4 Å². The normalized spacial score (nSPS) is 10.9. The van der Waals surface area contributed by atoms with Gasteiger partial charge in [0.1, 0.15) is 34.5 Å². The number of ether oxygens (including phenoxy) is 2. The molecule has 0 aliphatic heterocycles. The second-order valence-corrected chi connectivity index (χ2v) is 15.1. The molecule has 0 fully saturated rings. The Kier molecular flexibility index (Phi) is 9.57. The zero-order valence-electron chi connectivity index (χ0n) is 18.4. The average Bonchev–Trinajstić information content (AvgIpc) is 2.79. The first-order chi connectivity index (χ1) is 16.6. The van der Waals surface area contributed by atoms with Crippen LogP contribution in [0.25, 0.3) is 0 Å². The number of benzene rings is 4. The molecule has 0 saturated heterocycles. The summed E-state index contributed by atoms with van der Waals surface area (Å²) < 4.78 is 17.9. The highest BCUT2D eigenvalue weighted by Gasteiger charge is 2.22. The monoisotopic (exact) mass is 1030 g/mol. The van der Waals surface area contributed by atoms with Crippen molar-refractivity contribution in [2.75, 3.05) is 0 Å². The standard InChI is InChI=1S/C26H17I5O4/c1-13-7-15(34-17-9-19(27)25(32)20(28)10-17)3-5-23(13)31-24-6-4-16(8-14(24)2)35-18-11-21(29)26(33)22(30)12-18/h3-12H,1-2H3,(H-,32,33)/p+1. The van der Waals surface area contributed by atoms with Gasteiger partial charge in [0, 0.05) is 11.1 Å². The first-order valence-electron chi connectivity index (χ1n) is 10.2. The number of phenols is 2. The van der Waals surface area contributed by atoms with Crippen LogP contribution in [0.5, 0.6) is 34.5 Å². The van der Waals surface area contributed by atoms with Crippen LogP contribution in [0, 0.1) is 35.3 Å². The molecule has 0 saturated carbocycles. The van der Waals surface area contributed by atoms with Crippen molar-refractivity contribution >= 4 is 90.4 Å². The van der Waals surface area contributed by atoms with E-state index in [1.54, 1.807) is 0 Å². The number of hydrogen-bond donors (Lipinski definition) is 2. The summed E-state index contributed by atoms with van der Waals surface area (Å²) in [5.74, 6) is 3.56. The van der Waals surface area contributed by atoms with Crippen molar-refractivity contribution in [2.24, 2.45) is 0 Å². The third-order valence-electron chi connectivity index (χ3n) is 4.91. The van der Waals surface area contributed by atoms with Gasteiger partial charge in [0.15, 0.2) is 7.14 Å². The Balaban J connectivity index is 1.48. The fourth-order valence-electron chi connectivity index (χ4n) is 3.16. The Morgan fingerprint density at radius 2 is 0.886 bits per heavy atom. The Labute approximate surface area is 269 Å². The van der Waals surface area contributed by atoms with Crippen molar-refractivity contribution < 1.29 is 40.9 Å². The van der Waals surface area contributed by atoms with Crippen molar-refractivity contribution in [2.45, 2.75) is 13.8 Å². The molecule has 0 unspecified atom stereocenters. The van der Waals surface area contributed by atoms with E-state index >= 15 is 0 Å². The van der Waals surface area contributed by atoms with Crippen LogP contribution in [-0.2, 0) is 0 Å². The molecule has 4 aromatic carbocycles. The minimum Gasteiger partial charge on any atom is -0.506 e. The smallest absolute Gasteiger partial charge is 0.358 e. The van der Waals surface area contributed by atoms with Gasteiger partial charge >= 0.3 is 21.2 Å². The Morgan fingerprint density at radius 3 is 1.20 bits per heavy atom. The van der Waals surface area contributed by atoms with Crippen molar-refractivity contribution in [3.63, 3.8) is 0 Å².